The number of carbonyl (C=O) groups is 3. The second-order valence-corrected chi connectivity index (χ2v) is 4.97. The molecule has 2 amide bonds. The standard InChI is InChI=1S/C13H23N3O4/c1-4-16(9-13(19)20-3)8-12(18)15(2)7-11(17)14-10-5-6-10/h10H,4-9H2,1-3H3,(H,14,17). The molecule has 0 aliphatic heterocycles. The molecule has 1 saturated carbocycles. The maximum atomic E-state index is 12.0. The molecule has 1 rings (SSSR count). The smallest absolute Gasteiger partial charge is 0.319 e. The molecular weight excluding hydrogens is 262 g/mol. The first-order valence-electron chi connectivity index (χ1n) is 6.78. The fraction of sp³-hybridized carbons (Fsp3) is 0.769. The molecule has 0 aromatic rings. The van der Waals surface area contributed by atoms with Crippen LogP contribution in [0, 0.1) is 0 Å². The van der Waals surface area contributed by atoms with Gasteiger partial charge in [-0.15, -0.1) is 0 Å². The highest BCUT2D eigenvalue weighted by atomic mass is 16.5. The largest absolute Gasteiger partial charge is 0.468 e. The second-order valence-electron chi connectivity index (χ2n) is 4.97. The monoisotopic (exact) mass is 285 g/mol. The summed E-state index contributed by atoms with van der Waals surface area (Å²) in [5, 5.41) is 2.83. The summed E-state index contributed by atoms with van der Waals surface area (Å²) in [5.41, 5.74) is 0. The van der Waals surface area contributed by atoms with Gasteiger partial charge in [0.2, 0.25) is 11.8 Å². The van der Waals surface area contributed by atoms with Gasteiger partial charge in [0.15, 0.2) is 0 Å². The minimum Gasteiger partial charge on any atom is -0.468 e. The van der Waals surface area contributed by atoms with Crippen LogP contribution in [0.2, 0.25) is 0 Å². The highest BCUT2D eigenvalue weighted by molar-refractivity contribution is 5.86. The SMILES string of the molecule is CCN(CC(=O)OC)CC(=O)N(C)CC(=O)NC1CC1. The number of rotatable bonds is 8. The zero-order valence-corrected chi connectivity index (χ0v) is 12.3. The minimum absolute atomic E-state index is 0.0467. The lowest BCUT2D eigenvalue weighted by molar-refractivity contribution is -0.143. The van der Waals surface area contributed by atoms with E-state index in [0.29, 0.717) is 6.54 Å². The Morgan fingerprint density at radius 1 is 1.20 bits per heavy atom. The van der Waals surface area contributed by atoms with Gasteiger partial charge in [-0.1, -0.05) is 6.92 Å². The van der Waals surface area contributed by atoms with Crippen LogP contribution in [-0.2, 0) is 19.1 Å². The van der Waals surface area contributed by atoms with E-state index in [0.717, 1.165) is 12.8 Å². The first-order chi connectivity index (χ1) is 9.46. The zero-order valence-electron chi connectivity index (χ0n) is 12.3. The topological polar surface area (TPSA) is 79.0 Å². The van der Waals surface area contributed by atoms with Crippen LogP contribution in [0.15, 0.2) is 0 Å². The number of ether oxygens (including phenoxy) is 1. The number of amides is 2. The summed E-state index contributed by atoms with van der Waals surface area (Å²) in [7, 11) is 2.90. The van der Waals surface area contributed by atoms with Crippen molar-refractivity contribution >= 4 is 17.8 Å². The van der Waals surface area contributed by atoms with Crippen LogP contribution in [0.25, 0.3) is 0 Å². The third kappa shape index (κ3) is 6.01. The molecule has 1 N–H and O–H groups in total. The van der Waals surface area contributed by atoms with Crippen molar-refractivity contribution in [1.29, 1.82) is 0 Å². The van der Waals surface area contributed by atoms with Crippen LogP contribution in [-0.4, -0.2) is 74.0 Å². The quantitative estimate of drug-likeness (QED) is 0.592. The van der Waals surface area contributed by atoms with E-state index in [1.165, 1.54) is 12.0 Å². The van der Waals surface area contributed by atoms with Crippen LogP contribution in [0.3, 0.4) is 0 Å². The number of methoxy groups -OCH3 is 1. The first kappa shape index (κ1) is 16.4. The van der Waals surface area contributed by atoms with Crippen LogP contribution >= 0.6 is 0 Å². The number of esters is 1. The molecule has 0 aromatic carbocycles. The Kier molecular flexibility index (Phi) is 6.44. The van der Waals surface area contributed by atoms with E-state index in [1.54, 1.807) is 11.9 Å². The number of likely N-dealkylation sites (N-methyl/N-ethyl adjacent to an activating group) is 2. The third-order valence-corrected chi connectivity index (χ3v) is 3.14. The fourth-order valence-electron chi connectivity index (χ4n) is 1.64. The van der Waals surface area contributed by atoms with Crippen LogP contribution in [0.1, 0.15) is 19.8 Å². The van der Waals surface area contributed by atoms with E-state index < -0.39 is 0 Å². The van der Waals surface area contributed by atoms with E-state index in [9.17, 15) is 14.4 Å². The van der Waals surface area contributed by atoms with Crippen molar-refractivity contribution in [3.8, 4) is 0 Å². The number of carbonyl (C=O) groups excluding carboxylic acids is 3. The summed E-state index contributed by atoms with van der Waals surface area (Å²) in [4.78, 5) is 37.8. The van der Waals surface area contributed by atoms with Gasteiger partial charge in [0, 0.05) is 13.1 Å². The molecule has 7 nitrogen and oxygen atoms in total. The summed E-state index contributed by atoms with van der Waals surface area (Å²) in [6, 6.07) is 0.289. The number of hydrogen-bond donors (Lipinski definition) is 1. The molecule has 1 aliphatic carbocycles. The summed E-state index contributed by atoms with van der Waals surface area (Å²) >= 11 is 0. The van der Waals surface area contributed by atoms with Crippen molar-refractivity contribution in [2.75, 3.05) is 40.3 Å². The number of nitrogens with zero attached hydrogens (tertiary/aromatic N) is 2. The Morgan fingerprint density at radius 2 is 1.85 bits per heavy atom. The van der Waals surface area contributed by atoms with E-state index in [4.69, 9.17) is 0 Å². The molecule has 7 heteroatoms. The Morgan fingerprint density at radius 3 is 2.35 bits per heavy atom. The van der Waals surface area contributed by atoms with Crippen molar-refractivity contribution in [3.05, 3.63) is 0 Å². The van der Waals surface area contributed by atoms with E-state index in [1.807, 2.05) is 6.92 Å². The summed E-state index contributed by atoms with van der Waals surface area (Å²) in [5.74, 6) is -0.713. The van der Waals surface area contributed by atoms with Gasteiger partial charge in [0.1, 0.15) is 0 Å². The molecule has 0 bridgehead atoms. The summed E-state index contributed by atoms with van der Waals surface area (Å²) < 4.78 is 4.57. The van der Waals surface area contributed by atoms with Gasteiger partial charge < -0.3 is 15.0 Å². The third-order valence-electron chi connectivity index (χ3n) is 3.14. The Bertz CT molecular complexity index is 369. The number of hydrogen-bond acceptors (Lipinski definition) is 5. The highest BCUT2D eigenvalue weighted by Gasteiger charge is 2.24. The fourth-order valence-corrected chi connectivity index (χ4v) is 1.64. The van der Waals surface area contributed by atoms with Gasteiger partial charge in [-0.05, 0) is 19.4 Å². The van der Waals surface area contributed by atoms with Gasteiger partial charge in [0.25, 0.3) is 0 Å². The summed E-state index contributed by atoms with van der Waals surface area (Å²) in [6.45, 7) is 2.63. The van der Waals surface area contributed by atoms with E-state index >= 15 is 0 Å². The van der Waals surface area contributed by atoms with Gasteiger partial charge in [0.05, 0.1) is 26.7 Å². The molecule has 0 aromatic heterocycles. The molecule has 20 heavy (non-hydrogen) atoms. The predicted octanol–water partition coefficient (Wildman–Crippen LogP) is -0.782. The summed E-state index contributed by atoms with van der Waals surface area (Å²) in [6.07, 6.45) is 2.04. The molecular formula is C13H23N3O4. The Balaban J connectivity index is 2.34. The van der Waals surface area contributed by atoms with Crippen molar-refractivity contribution in [2.24, 2.45) is 0 Å². The lowest BCUT2D eigenvalue weighted by Crippen LogP contribution is -2.44. The molecule has 0 saturated heterocycles. The lowest BCUT2D eigenvalue weighted by Gasteiger charge is -2.22. The molecule has 0 spiro atoms. The van der Waals surface area contributed by atoms with Crippen molar-refractivity contribution < 1.29 is 19.1 Å². The normalized spacial score (nSPS) is 14.0. The molecule has 1 fully saturated rings. The van der Waals surface area contributed by atoms with E-state index in [2.05, 4.69) is 10.1 Å². The maximum absolute atomic E-state index is 12.0. The van der Waals surface area contributed by atoms with Crippen LogP contribution < -0.4 is 5.32 Å². The average molecular weight is 285 g/mol. The Labute approximate surface area is 119 Å². The maximum Gasteiger partial charge on any atom is 0.319 e. The van der Waals surface area contributed by atoms with Crippen LogP contribution in [0.4, 0.5) is 0 Å². The molecule has 0 radical (unpaired) electrons. The molecule has 0 heterocycles. The second kappa shape index (κ2) is 7.84. The van der Waals surface area contributed by atoms with Crippen molar-refractivity contribution in [2.45, 2.75) is 25.8 Å². The zero-order chi connectivity index (χ0) is 15.1. The van der Waals surface area contributed by atoms with Gasteiger partial charge in [-0.3, -0.25) is 19.3 Å². The van der Waals surface area contributed by atoms with Gasteiger partial charge in [-0.2, -0.15) is 0 Å². The Hall–Kier alpha value is -1.63. The molecule has 0 atom stereocenters. The van der Waals surface area contributed by atoms with Crippen molar-refractivity contribution in [3.63, 3.8) is 0 Å². The predicted molar refractivity (Wildman–Crippen MR) is 72.9 cm³/mol. The van der Waals surface area contributed by atoms with E-state index in [-0.39, 0.29) is 43.5 Å². The minimum atomic E-state index is -0.381. The highest BCUT2D eigenvalue weighted by Crippen LogP contribution is 2.18. The average Bonchev–Trinajstić information content (AvgIpc) is 3.20. The van der Waals surface area contributed by atoms with Crippen LogP contribution in [0.5, 0.6) is 0 Å². The first-order valence-corrected chi connectivity index (χ1v) is 6.78. The molecule has 114 valence electrons. The van der Waals surface area contributed by atoms with Gasteiger partial charge >= 0.3 is 5.97 Å². The van der Waals surface area contributed by atoms with Gasteiger partial charge in [-0.25, -0.2) is 0 Å². The number of nitrogens with one attached hydrogen (secondary N) is 1. The van der Waals surface area contributed by atoms with Crippen molar-refractivity contribution in [1.82, 2.24) is 15.1 Å². The molecule has 1 aliphatic rings. The lowest BCUT2D eigenvalue weighted by atomic mass is 10.4. The molecule has 0 unspecified atom stereocenters.